The van der Waals surface area contributed by atoms with E-state index in [9.17, 15) is 9.90 Å². The molecule has 0 radical (unpaired) electrons. The van der Waals surface area contributed by atoms with Gasteiger partial charge >= 0.3 is 6.09 Å². The number of hydrogen-bond donors (Lipinski definition) is 3. The lowest BCUT2D eigenvalue weighted by atomic mass is 9.89. The van der Waals surface area contributed by atoms with Crippen molar-refractivity contribution < 1.29 is 15.0 Å². The van der Waals surface area contributed by atoms with E-state index in [0.29, 0.717) is 6.04 Å². The van der Waals surface area contributed by atoms with Gasteiger partial charge in [-0.2, -0.15) is 0 Å². The van der Waals surface area contributed by atoms with E-state index in [4.69, 9.17) is 5.11 Å². The fraction of sp³-hybridized carbons (Fsp3) is 0.917. The minimum atomic E-state index is -0.929. The highest BCUT2D eigenvalue weighted by Gasteiger charge is 2.31. The summed E-state index contributed by atoms with van der Waals surface area (Å²) >= 11 is 0. The highest BCUT2D eigenvalue weighted by Crippen LogP contribution is 2.25. The van der Waals surface area contributed by atoms with Crippen molar-refractivity contribution in [2.45, 2.75) is 56.7 Å². The van der Waals surface area contributed by atoms with Gasteiger partial charge in [0, 0.05) is 25.2 Å². The molecule has 0 bridgehead atoms. The Morgan fingerprint density at radius 3 is 2.35 bits per heavy atom. The Kier molecular flexibility index (Phi) is 4.23. The Labute approximate surface area is 102 Å². The van der Waals surface area contributed by atoms with Crippen LogP contribution in [0.25, 0.3) is 0 Å². The highest BCUT2D eigenvalue weighted by atomic mass is 16.4. The Bertz CT molecular complexity index is 264. The number of nitrogens with zero attached hydrogens (tertiary/aromatic N) is 1. The largest absolute Gasteiger partial charge is 0.465 e. The van der Waals surface area contributed by atoms with Crippen LogP contribution in [0.15, 0.2) is 0 Å². The summed E-state index contributed by atoms with van der Waals surface area (Å²) in [5, 5.41) is 21.2. The number of carboxylic acid groups (broad SMARTS) is 1. The zero-order chi connectivity index (χ0) is 12.3. The van der Waals surface area contributed by atoms with Crippen LogP contribution in [0.3, 0.4) is 0 Å². The maximum atomic E-state index is 10.5. The first-order valence-corrected chi connectivity index (χ1v) is 6.58. The van der Waals surface area contributed by atoms with Crippen molar-refractivity contribution in [3.05, 3.63) is 0 Å². The summed E-state index contributed by atoms with van der Waals surface area (Å²) in [5.41, 5.74) is 0. The van der Waals surface area contributed by atoms with Crippen LogP contribution in [0, 0.1) is 0 Å². The van der Waals surface area contributed by atoms with Crippen molar-refractivity contribution >= 4 is 6.09 Å². The summed E-state index contributed by atoms with van der Waals surface area (Å²) in [6, 6.07) is 0.388. The van der Waals surface area contributed by atoms with E-state index < -0.39 is 6.09 Å². The number of amides is 1. The van der Waals surface area contributed by atoms with Gasteiger partial charge in [-0.25, -0.2) is 4.79 Å². The fourth-order valence-corrected chi connectivity index (χ4v) is 3.07. The number of rotatable bonds is 2. The molecule has 98 valence electrons. The van der Waals surface area contributed by atoms with Crippen molar-refractivity contribution in [2.75, 3.05) is 13.1 Å². The van der Waals surface area contributed by atoms with Gasteiger partial charge in [0.05, 0.1) is 6.10 Å². The molecule has 5 nitrogen and oxygen atoms in total. The summed E-state index contributed by atoms with van der Waals surface area (Å²) in [6.45, 7) is 1.79. The second kappa shape index (κ2) is 5.69. The zero-order valence-electron chi connectivity index (χ0n) is 10.1. The second-order valence-corrected chi connectivity index (χ2v) is 5.18. The molecule has 2 atom stereocenters. The van der Waals surface area contributed by atoms with E-state index in [-0.39, 0.29) is 12.1 Å². The van der Waals surface area contributed by atoms with E-state index >= 15 is 0 Å². The van der Waals surface area contributed by atoms with Gasteiger partial charge in [-0.1, -0.05) is 12.8 Å². The van der Waals surface area contributed by atoms with E-state index in [1.807, 2.05) is 0 Å². The predicted molar refractivity (Wildman–Crippen MR) is 64.0 cm³/mol. The third-order valence-corrected chi connectivity index (χ3v) is 4.02. The van der Waals surface area contributed by atoms with E-state index in [1.165, 1.54) is 6.42 Å². The zero-order valence-corrected chi connectivity index (χ0v) is 10.1. The van der Waals surface area contributed by atoms with Crippen molar-refractivity contribution in [3.63, 3.8) is 0 Å². The minimum absolute atomic E-state index is 0.0875. The van der Waals surface area contributed by atoms with E-state index in [1.54, 1.807) is 0 Å². The summed E-state index contributed by atoms with van der Waals surface area (Å²) in [5.74, 6) is 0. The molecule has 0 aromatic carbocycles. The van der Waals surface area contributed by atoms with Crippen molar-refractivity contribution in [2.24, 2.45) is 0 Å². The highest BCUT2D eigenvalue weighted by molar-refractivity contribution is 5.64. The van der Waals surface area contributed by atoms with Gasteiger partial charge in [0.25, 0.3) is 0 Å². The Hall–Kier alpha value is -0.810. The standard InChI is InChI=1S/C12H22N2O3/c15-11-4-2-1-3-10(11)14-7-5-9(6-8-14)13-12(16)17/h9-11,13,15H,1-8H2,(H,16,17)/t10?,11-/m0/s1. The molecule has 2 fully saturated rings. The van der Waals surface area contributed by atoms with E-state index in [0.717, 1.165) is 45.2 Å². The first-order valence-electron chi connectivity index (χ1n) is 6.58. The molecule has 1 heterocycles. The number of piperidine rings is 1. The van der Waals surface area contributed by atoms with Gasteiger partial charge in [-0.3, -0.25) is 4.90 Å². The summed E-state index contributed by atoms with van der Waals surface area (Å²) in [6.07, 6.45) is 4.93. The van der Waals surface area contributed by atoms with Crippen LogP contribution in [0.4, 0.5) is 4.79 Å². The van der Waals surface area contributed by atoms with Crippen LogP contribution in [-0.2, 0) is 0 Å². The lowest BCUT2D eigenvalue weighted by Gasteiger charge is -2.41. The SMILES string of the molecule is O=C(O)NC1CCN(C2CCCC[C@@H]2O)CC1. The van der Waals surface area contributed by atoms with Crippen molar-refractivity contribution in [3.8, 4) is 0 Å². The molecule has 5 heteroatoms. The lowest BCUT2D eigenvalue weighted by Crippen LogP contribution is -2.52. The molecule has 2 rings (SSSR count). The molecule has 0 aromatic heterocycles. The molecule has 17 heavy (non-hydrogen) atoms. The topological polar surface area (TPSA) is 72.8 Å². The maximum absolute atomic E-state index is 10.5. The van der Waals surface area contributed by atoms with Crippen molar-refractivity contribution in [1.82, 2.24) is 10.2 Å². The average Bonchev–Trinajstić information content (AvgIpc) is 2.30. The monoisotopic (exact) mass is 242 g/mol. The second-order valence-electron chi connectivity index (χ2n) is 5.18. The summed E-state index contributed by atoms with van der Waals surface area (Å²) in [7, 11) is 0. The maximum Gasteiger partial charge on any atom is 0.404 e. The van der Waals surface area contributed by atoms with Crippen molar-refractivity contribution in [1.29, 1.82) is 0 Å². The summed E-state index contributed by atoms with van der Waals surface area (Å²) in [4.78, 5) is 12.9. The molecule has 0 spiro atoms. The number of carbonyl (C=O) groups is 1. The molecule has 0 aromatic rings. The number of likely N-dealkylation sites (tertiary alicyclic amines) is 1. The number of aliphatic hydroxyl groups excluding tert-OH is 1. The molecule has 3 N–H and O–H groups in total. The predicted octanol–water partition coefficient (Wildman–Crippen LogP) is 1.02. The minimum Gasteiger partial charge on any atom is -0.465 e. The van der Waals surface area contributed by atoms with Crippen LogP contribution < -0.4 is 5.32 Å². The molecular weight excluding hydrogens is 220 g/mol. The first kappa shape index (κ1) is 12.6. The third-order valence-electron chi connectivity index (χ3n) is 4.02. The molecule has 1 unspecified atom stereocenters. The fourth-order valence-electron chi connectivity index (χ4n) is 3.07. The molecular formula is C12H22N2O3. The van der Waals surface area contributed by atoms with Gasteiger partial charge < -0.3 is 15.5 Å². The number of nitrogens with one attached hydrogen (secondary N) is 1. The van der Waals surface area contributed by atoms with Crippen LogP contribution in [-0.4, -0.2) is 52.5 Å². The molecule has 1 saturated carbocycles. The molecule has 1 saturated heterocycles. The smallest absolute Gasteiger partial charge is 0.404 e. The average molecular weight is 242 g/mol. The number of hydrogen-bond acceptors (Lipinski definition) is 3. The van der Waals surface area contributed by atoms with Crippen LogP contribution in [0.5, 0.6) is 0 Å². The van der Waals surface area contributed by atoms with Crippen LogP contribution >= 0.6 is 0 Å². The Morgan fingerprint density at radius 2 is 1.76 bits per heavy atom. The first-order chi connectivity index (χ1) is 8.16. The Balaban J connectivity index is 1.79. The van der Waals surface area contributed by atoms with Gasteiger partial charge in [0.1, 0.15) is 0 Å². The molecule has 1 aliphatic carbocycles. The molecule has 2 aliphatic rings. The van der Waals surface area contributed by atoms with Gasteiger partial charge in [0.2, 0.25) is 0 Å². The normalized spacial score (nSPS) is 32.3. The van der Waals surface area contributed by atoms with Gasteiger partial charge in [-0.15, -0.1) is 0 Å². The van der Waals surface area contributed by atoms with Crippen LogP contribution in [0.1, 0.15) is 38.5 Å². The third kappa shape index (κ3) is 3.33. The van der Waals surface area contributed by atoms with Gasteiger partial charge in [-0.05, 0) is 25.7 Å². The lowest BCUT2D eigenvalue weighted by molar-refractivity contribution is 0.00739. The van der Waals surface area contributed by atoms with E-state index in [2.05, 4.69) is 10.2 Å². The quantitative estimate of drug-likeness (QED) is 0.676. The van der Waals surface area contributed by atoms with Gasteiger partial charge in [0.15, 0.2) is 0 Å². The molecule has 1 aliphatic heterocycles. The molecule has 1 amide bonds. The Morgan fingerprint density at radius 1 is 1.12 bits per heavy atom. The van der Waals surface area contributed by atoms with Crippen LogP contribution in [0.2, 0.25) is 0 Å². The summed E-state index contributed by atoms with van der Waals surface area (Å²) < 4.78 is 0. The number of aliphatic hydroxyl groups is 1.